The second kappa shape index (κ2) is 12.6. The monoisotopic (exact) mass is 702 g/mol. The molecule has 8 nitrogen and oxygen atoms in total. The van der Waals surface area contributed by atoms with Gasteiger partial charge in [0.25, 0.3) is 0 Å². The molecule has 0 saturated heterocycles. The van der Waals surface area contributed by atoms with Crippen molar-refractivity contribution < 1.29 is 38.5 Å². The van der Waals surface area contributed by atoms with Crippen molar-refractivity contribution in [2.75, 3.05) is 0 Å². The highest BCUT2D eigenvalue weighted by molar-refractivity contribution is 5.87. The molecule has 1 N–H and O–H groups in total. The van der Waals surface area contributed by atoms with Gasteiger partial charge in [-0.25, -0.2) is 4.79 Å². The molecule has 6 rings (SSSR count). The zero-order valence-corrected chi connectivity index (χ0v) is 32.1. The van der Waals surface area contributed by atoms with Crippen LogP contribution in [0.1, 0.15) is 132 Å². The van der Waals surface area contributed by atoms with E-state index in [1.54, 1.807) is 18.2 Å². The summed E-state index contributed by atoms with van der Waals surface area (Å²) in [5, 5.41) is 10.7. The molecular formula is C43H58O8. The molecule has 5 aliphatic carbocycles. The summed E-state index contributed by atoms with van der Waals surface area (Å²) < 4.78 is 16.6. The van der Waals surface area contributed by atoms with Gasteiger partial charge in [-0.2, -0.15) is 0 Å². The van der Waals surface area contributed by atoms with Crippen LogP contribution in [0.15, 0.2) is 35.9 Å². The molecule has 4 saturated carbocycles. The van der Waals surface area contributed by atoms with E-state index in [1.807, 2.05) is 0 Å². The SMILES string of the molecule is CC(=O)Oc1ccc(/C=C/C(=O)O[C@H]2CC[C@@]3(C)C(CC[C@]4(C)C3CC=C3C5CC(C)(C)CC[C@]5(C(=O)O)CC[C@]34C)C2(C)C)cc1OC(C)=O. The van der Waals surface area contributed by atoms with Crippen molar-refractivity contribution >= 4 is 30.0 Å². The molecule has 8 heteroatoms. The second-order valence-electron chi connectivity index (χ2n) is 18.7. The predicted molar refractivity (Wildman–Crippen MR) is 195 cm³/mol. The summed E-state index contributed by atoms with van der Waals surface area (Å²) in [5.41, 5.74) is 1.39. The van der Waals surface area contributed by atoms with E-state index in [0.717, 1.165) is 64.2 Å². The van der Waals surface area contributed by atoms with E-state index >= 15 is 0 Å². The van der Waals surface area contributed by atoms with Crippen LogP contribution in [0.4, 0.5) is 0 Å². The van der Waals surface area contributed by atoms with Crippen LogP contribution in [0.2, 0.25) is 0 Å². The quantitative estimate of drug-likeness (QED) is 0.135. The van der Waals surface area contributed by atoms with E-state index in [0.29, 0.717) is 17.4 Å². The van der Waals surface area contributed by atoms with E-state index in [4.69, 9.17) is 14.2 Å². The maximum Gasteiger partial charge on any atom is 0.331 e. The van der Waals surface area contributed by atoms with Crippen LogP contribution in [-0.4, -0.2) is 35.1 Å². The third-order valence-electron chi connectivity index (χ3n) is 15.1. The fourth-order valence-electron chi connectivity index (χ4n) is 12.3. The third kappa shape index (κ3) is 6.06. The maximum absolute atomic E-state index is 13.3. The van der Waals surface area contributed by atoms with Crippen LogP contribution in [0, 0.1) is 50.2 Å². The van der Waals surface area contributed by atoms with Crippen LogP contribution in [-0.2, 0) is 23.9 Å². The topological polar surface area (TPSA) is 116 Å². The summed E-state index contributed by atoms with van der Waals surface area (Å²) in [4.78, 5) is 49.4. The number of aliphatic carboxylic acids is 1. The van der Waals surface area contributed by atoms with E-state index in [2.05, 4.69) is 54.5 Å². The summed E-state index contributed by atoms with van der Waals surface area (Å²) in [5.74, 6) is -0.953. The molecule has 1 aromatic rings. The van der Waals surface area contributed by atoms with Gasteiger partial charge in [-0.05, 0) is 127 Å². The molecule has 0 radical (unpaired) electrons. The van der Waals surface area contributed by atoms with Gasteiger partial charge in [0, 0.05) is 25.3 Å². The number of carboxylic acids is 1. The third-order valence-corrected chi connectivity index (χ3v) is 15.1. The van der Waals surface area contributed by atoms with Crippen molar-refractivity contribution in [1.82, 2.24) is 0 Å². The highest BCUT2D eigenvalue weighted by atomic mass is 16.6. The lowest BCUT2D eigenvalue weighted by Crippen LogP contribution is -2.65. The molecule has 0 bridgehead atoms. The van der Waals surface area contributed by atoms with Gasteiger partial charge < -0.3 is 19.3 Å². The number of rotatable bonds is 6. The number of allylic oxidation sites excluding steroid dienone is 2. The summed E-state index contributed by atoms with van der Waals surface area (Å²) >= 11 is 0. The van der Waals surface area contributed by atoms with Gasteiger partial charge in [-0.3, -0.25) is 14.4 Å². The fourth-order valence-corrected chi connectivity index (χ4v) is 12.3. The van der Waals surface area contributed by atoms with E-state index < -0.39 is 29.3 Å². The second-order valence-corrected chi connectivity index (χ2v) is 18.7. The minimum Gasteiger partial charge on any atom is -0.481 e. The minimum atomic E-state index is -0.637. The Balaban J connectivity index is 1.21. The van der Waals surface area contributed by atoms with Crippen molar-refractivity contribution in [2.24, 2.45) is 50.2 Å². The fraction of sp³-hybridized carbons (Fsp3) is 0.674. The molecule has 0 spiro atoms. The number of ether oxygens (including phenoxy) is 3. The number of carbonyl (C=O) groups is 4. The van der Waals surface area contributed by atoms with Crippen LogP contribution in [0.3, 0.4) is 0 Å². The number of carbonyl (C=O) groups excluding carboxylic acids is 3. The van der Waals surface area contributed by atoms with E-state index in [1.165, 1.54) is 31.6 Å². The van der Waals surface area contributed by atoms with Gasteiger partial charge >= 0.3 is 23.9 Å². The normalized spacial score (nSPS) is 37.8. The molecule has 0 aromatic heterocycles. The molecule has 1 aromatic carbocycles. The summed E-state index contributed by atoms with van der Waals surface area (Å²) in [6, 6.07) is 4.76. The zero-order valence-electron chi connectivity index (χ0n) is 32.1. The first-order chi connectivity index (χ1) is 23.7. The van der Waals surface area contributed by atoms with Gasteiger partial charge in [0.05, 0.1) is 5.41 Å². The molecule has 0 heterocycles. The van der Waals surface area contributed by atoms with E-state index in [9.17, 15) is 24.3 Å². The number of carboxylic acid groups (broad SMARTS) is 1. The standard InChI is InChI=1S/C43H58O8/c1-26(44)49-31-13-10-28(24-32(31)50-27(2)45)11-15-36(46)51-35-17-18-40(7)33(39(35,5)6)16-19-42(9)34(40)14-12-29-30-25-38(3,4)20-22-43(30,37(47)48)23-21-41(29,42)8/h10-13,15,24,30,33-35H,14,16-23,25H2,1-9H3,(H,47,48)/b15-11+/t30?,33?,34?,35-,40-,41+,42+,43-/m0/s1. The number of benzene rings is 1. The summed E-state index contributed by atoms with van der Waals surface area (Å²) in [6.07, 6.45) is 14.6. The highest BCUT2D eigenvalue weighted by Gasteiger charge is 2.69. The lowest BCUT2D eigenvalue weighted by Gasteiger charge is -2.71. The highest BCUT2D eigenvalue weighted by Crippen LogP contribution is 2.75. The molecule has 4 fully saturated rings. The molecule has 278 valence electrons. The molecule has 8 atom stereocenters. The van der Waals surface area contributed by atoms with Gasteiger partial charge in [0.15, 0.2) is 11.5 Å². The van der Waals surface area contributed by atoms with Crippen molar-refractivity contribution in [3.8, 4) is 11.5 Å². The van der Waals surface area contributed by atoms with E-state index in [-0.39, 0.29) is 50.6 Å². The number of esters is 3. The number of hydrogen-bond acceptors (Lipinski definition) is 7. The molecule has 3 unspecified atom stereocenters. The van der Waals surface area contributed by atoms with Gasteiger partial charge in [0.2, 0.25) is 0 Å². The lowest BCUT2D eigenvalue weighted by molar-refractivity contribution is -0.212. The van der Waals surface area contributed by atoms with Crippen molar-refractivity contribution in [3.05, 3.63) is 41.5 Å². The first kappa shape index (κ1) is 37.3. The number of fused-ring (bicyclic) bond motifs is 7. The van der Waals surface area contributed by atoms with Gasteiger partial charge in [-0.15, -0.1) is 0 Å². The molecule has 51 heavy (non-hydrogen) atoms. The molecule has 0 amide bonds. The Bertz CT molecular complexity index is 1680. The predicted octanol–water partition coefficient (Wildman–Crippen LogP) is 9.35. The molecular weight excluding hydrogens is 644 g/mol. The first-order valence-corrected chi connectivity index (χ1v) is 19.0. The Kier molecular flexibility index (Phi) is 9.24. The van der Waals surface area contributed by atoms with Crippen LogP contribution in [0.5, 0.6) is 11.5 Å². The molecule has 0 aliphatic heterocycles. The molecule has 5 aliphatic rings. The number of hydrogen-bond donors (Lipinski definition) is 1. The van der Waals surface area contributed by atoms with Crippen LogP contribution >= 0.6 is 0 Å². The Morgan fingerprint density at radius 1 is 0.804 bits per heavy atom. The summed E-state index contributed by atoms with van der Waals surface area (Å²) in [6.45, 7) is 19.2. The average molecular weight is 703 g/mol. The van der Waals surface area contributed by atoms with Gasteiger partial charge in [0.1, 0.15) is 6.10 Å². The van der Waals surface area contributed by atoms with Crippen LogP contribution in [0.25, 0.3) is 6.08 Å². The Labute approximate surface area is 303 Å². The Morgan fingerprint density at radius 2 is 1.47 bits per heavy atom. The Hall–Kier alpha value is -3.42. The largest absolute Gasteiger partial charge is 0.481 e. The minimum absolute atomic E-state index is 0.0368. The average Bonchev–Trinajstić information content (AvgIpc) is 3.02. The van der Waals surface area contributed by atoms with Gasteiger partial charge in [-0.1, -0.05) is 66.2 Å². The summed E-state index contributed by atoms with van der Waals surface area (Å²) in [7, 11) is 0. The smallest absolute Gasteiger partial charge is 0.331 e. The maximum atomic E-state index is 13.3. The zero-order chi connectivity index (χ0) is 37.4. The lowest BCUT2D eigenvalue weighted by atomic mass is 9.33. The first-order valence-electron chi connectivity index (χ1n) is 19.0. The van der Waals surface area contributed by atoms with Crippen molar-refractivity contribution in [3.63, 3.8) is 0 Å². The Morgan fingerprint density at radius 3 is 2.14 bits per heavy atom. The van der Waals surface area contributed by atoms with Crippen molar-refractivity contribution in [2.45, 2.75) is 133 Å². The van der Waals surface area contributed by atoms with Crippen molar-refractivity contribution in [1.29, 1.82) is 0 Å². The van der Waals surface area contributed by atoms with Crippen LogP contribution < -0.4 is 9.47 Å².